The van der Waals surface area contributed by atoms with E-state index in [9.17, 15) is 4.79 Å². The first kappa shape index (κ1) is 13.3. The van der Waals surface area contributed by atoms with Crippen molar-refractivity contribution in [1.82, 2.24) is 9.88 Å². The highest BCUT2D eigenvalue weighted by atomic mass is 16.1. The second kappa shape index (κ2) is 5.43. The molecule has 22 heavy (non-hydrogen) atoms. The van der Waals surface area contributed by atoms with Gasteiger partial charge in [-0.25, -0.2) is 0 Å². The van der Waals surface area contributed by atoms with E-state index in [2.05, 4.69) is 34.1 Å². The number of hydrogen-bond acceptors (Lipinski definition) is 2. The first-order valence-corrected chi connectivity index (χ1v) is 7.70. The number of para-hydroxylation sites is 1. The first-order chi connectivity index (χ1) is 10.8. The quantitative estimate of drug-likeness (QED) is 0.787. The fourth-order valence-electron chi connectivity index (χ4n) is 3.26. The van der Waals surface area contributed by atoms with E-state index >= 15 is 0 Å². The van der Waals surface area contributed by atoms with Gasteiger partial charge in [-0.15, -0.1) is 0 Å². The average Bonchev–Trinajstić information content (AvgIpc) is 2.57. The molecule has 1 aliphatic heterocycles. The molecule has 0 saturated heterocycles. The van der Waals surface area contributed by atoms with E-state index in [4.69, 9.17) is 0 Å². The summed E-state index contributed by atoms with van der Waals surface area (Å²) in [6, 6.07) is 18.2. The van der Waals surface area contributed by atoms with Crippen LogP contribution in [0.25, 0.3) is 10.9 Å². The van der Waals surface area contributed by atoms with E-state index in [0.29, 0.717) is 0 Å². The largest absolute Gasteiger partial charge is 0.358 e. The number of aromatic nitrogens is 1. The number of nitrogens with zero attached hydrogens (tertiary/aromatic N) is 1. The van der Waals surface area contributed by atoms with Gasteiger partial charge in [0.05, 0.1) is 0 Å². The third-order valence-corrected chi connectivity index (χ3v) is 4.40. The number of pyridine rings is 1. The molecule has 0 fully saturated rings. The van der Waals surface area contributed by atoms with Crippen LogP contribution in [0.1, 0.15) is 16.8 Å². The van der Waals surface area contributed by atoms with Crippen molar-refractivity contribution in [3.8, 4) is 0 Å². The SMILES string of the molecule is O=c1c2c([nH]c3ccccc13)CCN(Cc1ccccc1)C2. The smallest absolute Gasteiger partial charge is 0.194 e. The Kier molecular flexibility index (Phi) is 3.28. The number of rotatable bonds is 2. The predicted octanol–water partition coefficient (Wildman–Crippen LogP) is 3.09. The summed E-state index contributed by atoms with van der Waals surface area (Å²) in [5.41, 5.74) is 4.46. The van der Waals surface area contributed by atoms with Gasteiger partial charge in [0.1, 0.15) is 0 Å². The second-order valence-corrected chi connectivity index (χ2v) is 5.90. The summed E-state index contributed by atoms with van der Waals surface area (Å²) in [4.78, 5) is 18.5. The maximum absolute atomic E-state index is 12.7. The number of aromatic amines is 1. The van der Waals surface area contributed by atoms with E-state index in [-0.39, 0.29) is 5.43 Å². The van der Waals surface area contributed by atoms with Gasteiger partial charge >= 0.3 is 0 Å². The maximum atomic E-state index is 12.7. The molecule has 0 spiro atoms. The molecule has 2 heterocycles. The summed E-state index contributed by atoms with van der Waals surface area (Å²) in [5.74, 6) is 0. The molecule has 0 unspecified atom stereocenters. The standard InChI is InChI=1S/C19H18N2O/c22-19-15-8-4-5-9-17(15)20-18-10-11-21(13-16(18)19)12-14-6-2-1-3-7-14/h1-9H,10-13H2,(H,20,22). The Morgan fingerprint density at radius 1 is 1.00 bits per heavy atom. The summed E-state index contributed by atoms with van der Waals surface area (Å²) in [6.07, 6.45) is 0.905. The van der Waals surface area contributed by atoms with E-state index in [1.807, 2.05) is 30.3 Å². The molecule has 3 nitrogen and oxygen atoms in total. The lowest BCUT2D eigenvalue weighted by Gasteiger charge is -2.28. The highest BCUT2D eigenvalue weighted by molar-refractivity contribution is 5.79. The van der Waals surface area contributed by atoms with Crippen molar-refractivity contribution in [2.75, 3.05) is 6.54 Å². The van der Waals surface area contributed by atoms with E-state index in [1.165, 1.54) is 5.56 Å². The Hall–Kier alpha value is -2.39. The zero-order valence-electron chi connectivity index (χ0n) is 12.4. The predicted molar refractivity (Wildman–Crippen MR) is 88.8 cm³/mol. The van der Waals surface area contributed by atoms with Crippen LogP contribution >= 0.6 is 0 Å². The molecule has 0 saturated carbocycles. The van der Waals surface area contributed by atoms with Crippen molar-refractivity contribution in [2.45, 2.75) is 19.5 Å². The maximum Gasteiger partial charge on any atom is 0.194 e. The molecule has 4 rings (SSSR count). The van der Waals surface area contributed by atoms with E-state index in [1.54, 1.807) is 0 Å². The molecule has 3 heteroatoms. The van der Waals surface area contributed by atoms with Crippen molar-refractivity contribution in [3.05, 3.63) is 81.6 Å². The highest BCUT2D eigenvalue weighted by Gasteiger charge is 2.20. The zero-order valence-corrected chi connectivity index (χ0v) is 12.4. The Bertz CT molecular complexity index is 867. The van der Waals surface area contributed by atoms with Crippen molar-refractivity contribution >= 4 is 10.9 Å². The third-order valence-electron chi connectivity index (χ3n) is 4.40. The number of fused-ring (bicyclic) bond motifs is 2. The Balaban J connectivity index is 1.68. The number of nitrogens with one attached hydrogen (secondary N) is 1. The summed E-state index contributed by atoms with van der Waals surface area (Å²) >= 11 is 0. The molecule has 1 aliphatic rings. The van der Waals surface area contributed by atoms with Gasteiger partial charge < -0.3 is 4.98 Å². The van der Waals surface area contributed by atoms with Gasteiger partial charge in [0, 0.05) is 48.2 Å². The minimum Gasteiger partial charge on any atom is -0.358 e. The molecule has 0 bridgehead atoms. The lowest BCUT2D eigenvalue weighted by Crippen LogP contribution is -2.34. The van der Waals surface area contributed by atoms with Crippen molar-refractivity contribution in [1.29, 1.82) is 0 Å². The number of benzene rings is 2. The van der Waals surface area contributed by atoms with Crippen LogP contribution in [-0.2, 0) is 19.5 Å². The molecule has 0 amide bonds. The van der Waals surface area contributed by atoms with Crippen LogP contribution in [0, 0.1) is 0 Å². The molecule has 0 atom stereocenters. The highest BCUT2D eigenvalue weighted by Crippen LogP contribution is 2.19. The van der Waals surface area contributed by atoms with Gasteiger partial charge in [-0.2, -0.15) is 0 Å². The Labute approximate surface area is 129 Å². The molecule has 110 valence electrons. The molecule has 3 aromatic rings. The van der Waals surface area contributed by atoms with Gasteiger partial charge in [-0.3, -0.25) is 9.69 Å². The minimum absolute atomic E-state index is 0.183. The summed E-state index contributed by atoms with van der Waals surface area (Å²) in [5, 5.41) is 0.794. The molecular formula is C19H18N2O. The van der Waals surface area contributed by atoms with Crippen LogP contribution in [0.3, 0.4) is 0 Å². The number of H-pyrrole nitrogens is 1. The summed E-state index contributed by atoms with van der Waals surface area (Å²) in [7, 11) is 0. The number of hydrogen-bond donors (Lipinski definition) is 1. The normalized spacial score (nSPS) is 14.9. The van der Waals surface area contributed by atoms with Gasteiger partial charge in [0.2, 0.25) is 0 Å². The summed E-state index contributed by atoms with van der Waals surface area (Å²) in [6.45, 7) is 2.60. The van der Waals surface area contributed by atoms with Crippen molar-refractivity contribution < 1.29 is 0 Å². The Morgan fingerprint density at radius 2 is 1.77 bits per heavy atom. The molecule has 1 N–H and O–H groups in total. The third kappa shape index (κ3) is 2.34. The van der Waals surface area contributed by atoms with Crippen molar-refractivity contribution in [2.24, 2.45) is 0 Å². The fraction of sp³-hybridized carbons (Fsp3) is 0.211. The Morgan fingerprint density at radius 3 is 2.64 bits per heavy atom. The average molecular weight is 290 g/mol. The lowest BCUT2D eigenvalue weighted by molar-refractivity contribution is 0.243. The lowest BCUT2D eigenvalue weighted by atomic mass is 10.0. The molecule has 0 radical (unpaired) electrons. The van der Waals surface area contributed by atoms with Gasteiger partial charge in [-0.05, 0) is 17.7 Å². The van der Waals surface area contributed by atoms with Gasteiger partial charge in [-0.1, -0.05) is 42.5 Å². The van der Waals surface area contributed by atoms with Crippen LogP contribution in [0.4, 0.5) is 0 Å². The first-order valence-electron chi connectivity index (χ1n) is 7.70. The van der Waals surface area contributed by atoms with Gasteiger partial charge in [0.15, 0.2) is 5.43 Å². The van der Waals surface area contributed by atoms with E-state index < -0.39 is 0 Å². The molecule has 0 aliphatic carbocycles. The molecule has 2 aromatic carbocycles. The fourth-order valence-corrected chi connectivity index (χ4v) is 3.26. The van der Waals surface area contributed by atoms with Crippen LogP contribution in [0.15, 0.2) is 59.4 Å². The van der Waals surface area contributed by atoms with Crippen LogP contribution in [0.2, 0.25) is 0 Å². The summed E-state index contributed by atoms with van der Waals surface area (Å²) < 4.78 is 0. The monoisotopic (exact) mass is 290 g/mol. The molecular weight excluding hydrogens is 272 g/mol. The van der Waals surface area contributed by atoms with Crippen LogP contribution in [-0.4, -0.2) is 16.4 Å². The van der Waals surface area contributed by atoms with Crippen LogP contribution < -0.4 is 5.43 Å². The zero-order chi connectivity index (χ0) is 14.9. The minimum atomic E-state index is 0.183. The van der Waals surface area contributed by atoms with Crippen molar-refractivity contribution in [3.63, 3.8) is 0 Å². The second-order valence-electron chi connectivity index (χ2n) is 5.90. The topological polar surface area (TPSA) is 36.1 Å². The van der Waals surface area contributed by atoms with Crippen LogP contribution in [0.5, 0.6) is 0 Å². The molecule has 1 aromatic heterocycles. The van der Waals surface area contributed by atoms with Gasteiger partial charge in [0.25, 0.3) is 0 Å². The van der Waals surface area contributed by atoms with E-state index in [0.717, 1.165) is 48.2 Å².